The van der Waals surface area contributed by atoms with Crippen molar-refractivity contribution >= 4 is 23.4 Å². The Hall–Kier alpha value is -2.35. The van der Waals surface area contributed by atoms with Gasteiger partial charge in [0.15, 0.2) is 0 Å². The fourth-order valence-electron chi connectivity index (χ4n) is 1.62. The van der Waals surface area contributed by atoms with Crippen molar-refractivity contribution in [1.82, 2.24) is 14.9 Å². The maximum atomic E-state index is 11.9. The molecule has 2 rings (SSSR count). The molecule has 0 radical (unpaired) electrons. The summed E-state index contributed by atoms with van der Waals surface area (Å²) in [7, 11) is 0. The molecule has 0 unspecified atom stereocenters. The Morgan fingerprint density at radius 2 is 2.19 bits per heavy atom. The first kappa shape index (κ1) is 15.0. The largest absolute Gasteiger partial charge is 0.334 e. The van der Waals surface area contributed by atoms with Gasteiger partial charge in [-0.25, -0.2) is 0 Å². The van der Waals surface area contributed by atoms with Gasteiger partial charge in [-0.05, 0) is 31.0 Å². The van der Waals surface area contributed by atoms with Gasteiger partial charge in [0.1, 0.15) is 6.20 Å². The molecule has 0 saturated heterocycles. The van der Waals surface area contributed by atoms with Crippen molar-refractivity contribution in [3.05, 3.63) is 45.9 Å². The van der Waals surface area contributed by atoms with Crippen molar-refractivity contribution in [3.8, 4) is 0 Å². The van der Waals surface area contributed by atoms with E-state index in [4.69, 9.17) is 5.84 Å². The molecule has 0 saturated carbocycles. The number of carbonyl (C=O) groups is 1. The molecule has 0 bridgehead atoms. The molecule has 0 aliphatic heterocycles. The van der Waals surface area contributed by atoms with Crippen LogP contribution in [0, 0.1) is 13.8 Å². The second-order valence-electron chi connectivity index (χ2n) is 4.49. The lowest BCUT2D eigenvalue weighted by Gasteiger charge is -2.09. The van der Waals surface area contributed by atoms with E-state index in [2.05, 4.69) is 15.5 Å². The van der Waals surface area contributed by atoms with Crippen molar-refractivity contribution in [3.63, 3.8) is 0 Å². The standard InChI is InChI=1S/C13H15N5O2S/c1-8-3-4-9(2)10(5-8)16-11(19)7-21-13-17-15-6-12(20)18(13)14/h3-6H,7,14H2,1-2H3,(H,16,19). The summed E-state index contributed by atoms with van der Waals surface area (Å²) in [5.41, 5.74) is 2.34. The molecule has 3 N–H and O–H groups in total. The highest BCUT2D eigenvalue weighted by atomic mass is 32.2. The predicted octanol–water partition coefficient (Wildman–Crippen LogP) is 0.700. The Morgan fingerprint density at radius 3 is 2.95 bits per heavy atom. The number of hydrogen-bond acceptors (Lipinski definition) is 6. The van der Waals surface area contributed by atoms with Gasteiger partial charge in [-0.1, -0.05) is 23.9 Å². The zero-order valence-corrected chi connectivity index (χ0v) is 12.5. The van der Waals surface area contributed by atoms with E-state index in [0.29, 0.717) is 0 Å². The predicted molar refractivity (Wildman–Crippen MR) is 81.7 cm³/mol. The molecule has 0 atom stereocenters. The van der Waals surface area contributed by atoms with E-state index in [9.17, 15) is 9.59 Å². The number of nitrogens with zero attached hydrogens (tertiary/aromatic N) is 3. The summed E-state index contributed by atoms with van der Waals surface area (Å²) >= 11 is 1.05. The molecule has 8 heteroatoms. The number of benzene rings is 1. The van der Waals surface area contributed by atoms with Crippen LogP contribution in [0.1, 0.15) is 11.1 Å². The first-order valence-electron chi connectivity index (χ1n) is 6.17. The Morgan fingerprint density at radius 1 is 1.43 bits per heavy atom. The van der Waals surface area contributed by atoms with E-state index in [-0.39, 0.29) is 16.8 Å². The van der Waals surface area contributed by atoms with Crippen LogP contribution in [0.3, 0.4) is 0 Å². The maximum absolute atomic E-state index is 11.9. The number of rotatable bonds is 4. The van der Waals surface area contributed by atoms with Crippen LogP contribution in [0.25, 0.3) is 0 Å². The van der Waals surface area contributed by atoms with Crippen LogP contribution in [0.4, 0.5) is 5.69 Å². The summed E-state index contributed by atoms with van der Waals surface area (Å²) in [6.07, 6.45) is 1.01. The zero-order valence-electron chi connectivity index (χ0n) is 11.7. The van der Waals surface area contributed by atoms with E-state index in [1.165, 1.54) is 0 Å². The summed E-state index contributed by atoms with van der Waals surface area (Å²) in [6, 6.07) is 5.82. The molecule has 1 aromatic heterocycles. The molecule has 1 amide bonds. The number of amides is 1. The normalized spacial score (nSPS) is 10.4. The van der Waals surface area contributed by atoms with E-state index >= 15 is 0 Å². The molecule has 1 heterocycles. The molecular weight excluding hydrogens is 290 g/mol. The number of nitrogens with one attached hydrogen (secondary N) is 1. The first-order chi connectivity index (χ1) is 9.97. The summed E-state index contributed by atoms with van der Waals surface area (Å²) in [5, 5.41) is 10.2. The Bertz CT molecular complexity index is 729. The number of anilines is 1. The zero-order chi connectivity index (χ0) is 15.4. The number of thioether (sulfide) groups is 1. The molecule has 1 aromatic carbocycles. The molecule has 21 heavy (non-hydrogen) atoms. The maximum Gasteiger partial charge on any atom is 0.291 e. The lowest BCUT2D eigenvalue weighted by atomic mass is 10.1. The molecule has 2 aromatic rings. The van der Waals surface area contributed by atoms with E-state index in [0.717, 1.165) is 39.4 Å². The van der Waals surface area contributed by atoms with Crippen molar-refractivity contribution in [2.75, 3.05) is 16.9 Å². The van der Waals surface area contributed by atoms with Crippen LogP contribution in [0.15, 0.2) is 34.3 Å². The minimum Gasteiger partial charge on any atom is -0.334 e. The van der Waals surface area contributed by atoms with Crippen LogP contribution >= 0.6 is 11.8 Å². The number of aromatic nitrogens is 3. The molecule has 0 spiro atoms. The third-order valence-electron chi connectivity index (χ3n) is 2.75. The van der Waals surface area contributed by atoms with Crippen LogP contribution in [0.5, 0.6) is 0 Å². The van der Waals surface area contributed by atoms with Gasteiger partial charge in [0.05, 0.1) is 5.75 Å². The van der Waals surface area contributed by atoms with Gasteiger partial charge in [-0.2, -0.15) is 9.77 Å². The van der Waals surface area contributed by atoms with Crippen LogP contribution in [-0.2, 0) is 4.79 Å². The summed E-state index contributed by atoms with van der Waals surface area (Å²) in [5.74, 6) is 5.40. The highest BCUT2D eigenvalue weighted by Crippen LogP contribution is 2.17. The Labute approximate surface area is 125 Å². The summed E-state index contributed by atoms with van der Waals surface area (Å²) in [4.78, 5) is 23.2. The lowest BCUT2D eigenvalue weighted by molar-refractivity contribution is -0.113. The molecular formula is C13H15N5O2S. The fourth-order valence-corrected chi connectivity index (χ4v) is 2.28. The number of hydrogen-bond donors (Lipinski definition) is 2. The van der Waals surface area contributed by atoms with Gasteiger partial charge in [0.25, 0.3) is 5.56 Å². The van der Waals surface area contributed by atoms with Gasteiger partial charge in [-0.15, -0.1) is 5.10 Å². The second-order valence-corrected chi connectivity index (χ2v) is 5.43. The lowest BCUT2D eigenvalue weighted by Crippen LogP contribution is -2.30. The number of carbonyl (C=O) groups excluding carboxylic acids is 1. The van der Waals surface area contributed by atoms with E-state index < -0.39 is 5.56 Å². The monoisotopic (exact) mass is 305 g/mol. The van der Waals surface area contributed by atoms with Crippen molar-refractivity contribution in [2.24, 2.45) is 0 Å². The van der Waals surface area contributed by atoms with Crippen molar-refractivity contribution < 1.29 is 4.79 Å². The summed E-state index contributed by atoms with van der Waals surface area (Å²) in [6.45, 7) is 3.87. The van der Waals surface area contributed by atoms with Crippen molar-refractivity contribution in [2.45, 2.75) is 19.0 Å². The minimum atomic E-state index is -0.470. The third kappa shape index (κ3) is 3.82. The quantitative estimate of drug-likeness (QED) is 0.636. The summed E-state index contributed by atoms with van der Waals surface area (Å²) < 4.78 is 0.864. The van der Waals surface area contributed by atoms with Gasteiger partial charge in [0, 0.05) is 5.69 Å². The number of nitrogens with two attached hydrogens (primary N) is 1. The minimum absolute atomic E-state index is 0.0860. The van der Waals surface area contributed by atoms with Crippen LogP contribution in [-0.4, -0.2) is 26.5 Å². The van der Waals surface area contributed by atoms with Gasteiger partial charge < -0.3 is 11.2 Å². The van der Waals surface area contributed by atoms with Gasteiger partial charge >= 0.3 is 0 Å². The average Bonchev–Trinajstić information content (AvgIpc) is 2.44. The number of aryl methyl sites for hydroxylation is 2. The van der Waals surface area contributed by atoms with E-state index in [1.807, 2.05) is 32.0 Å². The molecule has 0 fully saturated rings. The smallest absolute Gasteiger partial charge is 0.291 e. The molecule has 0 aliphatic rings. The van der Waals surface area contributed by atoms with Crippen LogP contribution in [0.2, 0.25) is 0 Å². The molecule has 7 nitrogen and oxygen atoms in total. The molecule has 110 valence electrons. The van der Waals surface area contributed by atoms with E-state index in [1.54, 1.807) is 0 Å². The Balaban J connectivity index is 2.01. The van der Waals surface area contributed by atoms with Crippen molar-refractivity contribution in [1.29, 1.82) is 0 Å². The highest BCUT2D eigenvalue weighted by Gasteiger charge is 2.09. The van der Waals surface area contributed by atoms with Gasteiger partial charge in [-0.3, -0.25) is 9.59 Å². The Kier molecular flexibility index (Phi) is 4.59. The average molecular weight is 305 g/mol. The fraction of sp³-hybridized carbons (Fsp3) is 0.231. The molecule has 0 aliphatic carbocycles. The second kappa shape index (κ2) is 6.40. The topological polar surface area (TPSA) is 103 Å². The van der Waals surface area contributed by atoms with Crippen LogP contribution < -0.4 is 16.7 Å². The van der Waals surface area contributed by atoms with Gasteiger partial charge in [0.2, 0.25) is 11.1 Å². The first-order valence-corrected chi connectivity index (χ1v) is 7.15. The third-order valence-corrected chi connectivity index (χ3v) is 3.70. The number of nitrogen functional groups attached to an aromatic ring is 1. The highest BCUT2D eigenvalue weighted by molar-refractivity contribution is 7.99. The SMILES string of the molecule is Cc1ccc(C)c(NC(=O)CSc2nncc(=O)n2N)c1.